The van der Waals surface area contributed by atoms with Gasteiger partial charge in [0.15, 0.2) is 0 Å². The minimum absolute atomic E-state index is 0.0149. The number of hydrogen-bond acceptors (Lipinski definition) is 3. The summed E-state index contributed by atoms with van der Waals surface area (Å²) in [6.07, 6.45) is 0. The lowest BCUT2D eigenvalue weighted by molar-refractivity contribution is 0.606. The van der Waals surface area contributed by atoms with Gasteiger partial charge in [0.05, 0.1) is 4.90 Å². The van der Waals surface area contributed by atoms with Gasteiger partial charge >= 0.3 is 0 Å². The van der Waals surface area contributed by atoms with E-state index in [0.29, 0.717) is 0 Å². The highest BCUT2D eigenvalue weighted by atomic mass is 33.2. The molecule has 0 radical (unpaired) electrons. The molecule has 0 aliphatic heterocycles. The summed E-state index contributed by atoms with van der Waals surface area (Å²) >= 11 is 0. The molecule has 0 bridgehead atoms. The second kappa shape index (κ2) is 3.57. The van der Waals surface area contributed by atoms with Gasteiger partial charge < -0.3 is 0 Å². The molecule has 72 valence electrons. The molecular weight excluding hydrogens is 210 g/mol. The number of hydrogen-bond donors (Lipinski definition) is 1. The van der Waals surface area contributed by atoms with Crippen LogP contribution in [-0.4, -0.2) is 12.6 Å². The van der Waals surface area contributed by atoms with E-state index in [0.717, 1.165) is 5.56 Å². The van der Waals surface area contributed by atoms with Gasteiger partial charge in [-0.3, -0.25) is 0 Å². The van der Waals surface area contributed by atoms with Crippen molar-refractivity contribution in [3.63, 3.8) is 0 Å². The Hall–Kier alpha value is -0.720. The van der Waals surface area contributed by atoms with Gasteiger partial charge in [-0.25, -0.2) is 17.8 Å². The molecule has 0 fully saturated rings. The molecule has 6 heteroatoms. The molecule has 1 atom stereocenters. The SMILES string of the molecule is Cc1ccc(S(=O)(=O)S(N)=O)cc1. The van der Waals surface area contributed by atoms with Crippen molar-refractivity contribution < 1.29 is 12.6 Å². The molecule has 2 N–H and O–H groups in total. The van der Waals surface area contributed by atoms with Crippen LogP contribution in [0.1, 0.15) is 5.56 Å². The van der Waals surface area contributed by atoms with E-state index >= 15 is 0 Å². The molecule has 1 aromatic rings. The Morgan fingerprint density at radius 3 is 2.08 bits per heavy atom. The van der Waals surface area contributed by atoms with Gasteiger partial charge in [0.1, 0.15) is 0 Å². The van der Waals surface area contributed by atoms with Crippen LogP contribution in [0.5, 0.6) is 0 Å². The van der Waals surface area contributed by atoms with Crippen LogP contribution in [0.2, 0.25) is 0 Å². The van der Waals surface area contributed by atoms with E-state index < -0.39 is 18.9 Å². The van der Waals surface area contributed by atoms with Gasteiger partial charge in [-0.1, -0.05) is 17.7 Å². The zero-order chi connectivity index (χ0) is 10.1. The second-order valence-electron chi connectivity index (χ2n) is 2.53. The fourth-order valence-corrected chi connectivity index (χ4v) is 2.36. The summed E-state index contributed by atoms with van der Waals surface area (Å²) in [6.45, 7) is 1.83. The van der Waals surface area contributed by atoms with Crippen LogP contribution < -0.4 is 5.14 Å². The van der Waals surface area contributed by atoms with Crippen molar-refractivity contribution in [3.8, 4) is 0 Å². The Kier molecular flexibility index (Phi) is 2.84. The highest BCUT2D eigenvalue weighted by molar-refractivity contribution is 8.63. The van der Waals surface area contributed by atoms with Crippen molar-refractivity contribution in [2.45, 2.75) is 11.8 Å². The summed E-state index contributed by atoms with van der Waals surface area (Å²) in [5, 5.41) is 4.82. The average Bonchev–Trinajstić information content (AvgIpc) is 2.04. The van der Waals surface area contributed by atoms with Crippen molar-refractivity contribution in [1.82, 2.24) is 0 Å². The van der Waals surface area contributed by atoms with E-state index in [-0.39, 0.29) is 4.90 Å². The van der Waals surface area contributed by atoms with E-state index in [1.165, 1.54) is 12.1 Å². The third kappa shape index (κ3) is 2.15. The van der Waals surface area contributed by atoms with Gasteiger partial charge in [-0.2, -0.15) is 0 Å². The maximum atomic E-state index is 11.2. The van der Waals surface area contributed by atoms with E-state index in [2.05, 4.69) is 0 Å². The zero-order valence-corrected chi connectivity index (χ0v) is 8.56. The number of nitrogens with two attached hydrogens (primary N) is 1. The number of aryl methyl sites for hydroxylation is 1. The van der Waals surface area contributed by atoms with Gasteiger partial charge in [-0.05, 0) is 19.1 Å². The Morgan fingerprint density at radius 1 is 1.23 bits per heavy atom. The van der Waals surface area contributed by atoms with Crippen molar-refractivity contribution in [3.05, 3.63) is 29.8 Å². The van der Waals surface area contributed by atoms with Crippen LogP contribution >= 0.6 is 0 Å². The number of rotatable bonds is 2. The molecule has 4 nitrogen and oxygen atoms in total. The van der Waals surface area contributed by atoms with Crippen LogP contribution in [-0.2, 0) is 18.9 Å². The van der Waals surface area contributed by atoms with Gasteiger partial charge in [0.25, 0.3) is 8.87 Å². The highest BCUT2D eigenvalue weighted by Gasteiger charge is 2.18. The first-order valence-electron chi connectivity index (χ1n) is 3.43. The van der Waals surface area contributed by atoms with Crippen LogP contribution in [0.4, 0.5) is 0 Å². The van der Waals surface area contributed by atoms with Crippen LogP contribution in [0.25, 0.3) is 0 Å². The molecule has 1 rings (SSSR count). The summed E-state index contributed by atoms with van der Waals surface area (Å²) in [5.74, 6) is 0. The lowest BCUT2D eigenvalue weighted by Crippen LogP contribution is -2.16. The maximum absolute atomic E-state index is 11.2. The van der Waals surface area contributed by atoms with Gasteiger partial charge in [0.2, 0.25) is 10.0 Å². The number of benzene rings is 1. The molecule has 1 aromatic carbocycles. The third-order valence-corrected chi connectivity index (χ3v) is 4.68. The first-order chi connectivity index (χ1) is 5.94. The Bertz CT molecular complexity index is 422. The van der Waals surface area contributed by atoms with Gasteiger partial charge in [-0.15, -0.1) is 0 Å². The van der Waals surface area contributed by atoms with E-state index in [4.69, 9.17) is 5.14 Å². The monoisotopic (exact) mass is 219 g/mol. The minimum Gasteiger partial charge on any atom is -0.238 e. The van der Waals surface area contributed by atoms with E-state index in [1.807, 2.05) is 6.92 Å². The first kappa shape index (κ1) is 10.4. The summed E-state index contributed by atoms with van der Waals surface area (Å²) in [6, 6.07) is 6.02. The first-order valence-corrected chi connectivity index (χ1v) is 6.64. The smallest absolute Gasteiger partial charge is 0.238 e. The third-order valence-electron chi connectivity index (χ3n) is 1.53. The maximum Gasteiger partial charge on any atom is 0.271 e. The summed E-state index contributed by atoms with van der Waals surface area (Å²) < 4.78 is 33.1. The van der Waals surface area contributed by atoms with E-state index in [1.54, 1.807) is 12.1 Å². The highest BCUT2D eigenvalue weighted by Crippen LogP contribution is 2.12. The van der Waals surface area contributed by atoms with Crippen LogP contribution in [0, 0.1) is 6.92 Å². The van der Waals surface area contributed by atoms with E-state index in [9.17, 15) is 12.6 Å². The van der Waals surface area contributed by atoms with Crippen molar-refractivity contribution in [2.24, 2.45) is 5.14 Å². The Balaban J connectivity index is 3.25. The Morgan fingerprint density at radius 2 is 1.69 bits per heavy atom. The largest absolute Gasteiger partial charge is 0.271 e. The van der Waals surface area contributed by atoms with Crippen molar-refractivity contribution in [1.29, 1.82) is 0 Å². The lowest BCUT2D eigenvalue weighted by atomic mass is 10.2. The van der Waals surface area contributed by atoms with Gasteiger partial charge in [0, 0.05) is 0 Å². The van der Waals surface area contributed by atoms with Crippen LogP contribution in [0.3, 0.4) is 0 Å². The summed E-state index contributed by atoms with van der Waals surface area (Å²) in [7, 11) is -6.20. The molecule has 0 heterocycles. The van der Waals surface area contributed by atoms with Crippen molar-refractivity contribution >= 4 is 18.9 Å². The molecule has 0 amide bonds. The van der Waals surface area contributed by atoms with Crippen LogP contribution in [0.15, 0.2) is 29.2 Å². The normalized spacial score (nSPS) is 14.0. The predicted molar refractivity (Wildman–Crippen MR) is 50.7 cm³/mol. The molecule has 0 spiro atoms. The quantitative estimate of drug-likeness (QED) is 0.727. The fraction of sp³-hybridized carbons (Fsp3) is 0.143. The zero-order valence-electron chi connectivity index (χ0n) is 6.93. The molecule has 0 aromatic heterocycles. The molecule has 0 aliphatic rings. The second-order valence-corrected chi connectivity index (χ2v) is 6.73. The topological polar surface area (TPSA) is 77.2 Å². The minimum atomic E-state index is -3.84. The average molecular weight is 219 g/mol. The molecule has 0 aliphatic carbocycles. The molecule has 0 saturated carbocycles. The lowest BCUT2D eigenvalue weighted by Gasteiger charge is -1.99. The molecular formula is C7H9NO3S2. The predicted octanol–water partition coefficient (Wildman–Crippen LogP) is 0.306. The Labute approximate surface area is 78.7 Å². The molecule has 1 unspecified atom stereocenters. The summed E-state index contributed by atoms with van der Waals surface area (Å²) in [4.78, 5) is -0.0149. The standard InChI is InChI=1S/C7H9NO3S2/c1-6-2-4-7(5-3-6)13(10,11)12(8)9/h2-5H,8H2,1H3. The molecule has 0 saturated heterocycles. The fourth-order valence-electron chi connectivity index (χ4n) is 0.800. The van der Waals surface area contributed by atoms with Crippen molar-refractivity contribution in [2.75, 3.05) is 0 Å². The summed E-state index contributed by atoms with van der Waals surface area (Å²) in [5.41, 5.74) is 0.932. The molecule has 13 heavy (non-hydrogen) atoms.